The number of nitrogen functional groups attached to an aromatic ring is 1. The van der Waals surface area contributed by atoms with Crippen molar-refractivity contribution in [1.82, 2.24) is 5.32 Å². The van der Waals surface area contributed by atoms with Gasteiger partial charge in [-0.2, -0.15) is 0 Å². The molecule has 1 aliphatic rings. The predicted molar refractivity (Wildman–Crippen MR) is 78.7 cm³/mol. The van der Waals surface area contributed by atoms with Crippen LogP contribution in [0.5, 0.6) is 0 Å². The molecule has 104 valence electrons. The number of amides is 1. The molecule has 0 saturated heterocycles. The number of hydrogen-bond donors (Lipinski definition) is 2. The summed E-state index contributed by atoms with van der Waals surface area (Å²) in [4.78, 5) is 11.9. The van der Waals surface area contributed by atoms with Gasteiger partial charge < -0.3 is 11.1 Å². The molecule has 3 N–H and O–H groups in total. The number of hydrogen-bond acceptors (Lipinski definition) is 2. The molecule has 1 saturated carbocycles. The molecule has 2 atom stereocenters. The Morgan fingerprint density at radius 1 is 1.26 bits per heavy atom. The highest BCUT2D eigenvalue weighted by molar-refractivity contribution is 5.78. The Kier molecular flexibility index (Phi) is 4.83. The number of anilines is 1. The van der Waals surface area contributed by atoms with Crippen molar-refractivity contribution in [3.63, 3.8) is 0 Å². The zero-order chi connectivity index (χ0) is 13.7. The fraction of sp³-hybridized carbons (Fsp3) is 0.562. The molecule has 0 heterocycles. The molecule has 0 radical (unpaired) electrons. The maximum absolute atomic E-state index is 11.9. The van der Waals surface area contributed by atoms with E-state index in [1.807, 2.05) is 24.3 Å². The summed E-state index contributed by atoms with van der Waals surface area (Å²) in [6.07, 6.45) is 5.66. The van der Waals surface area contributed by atoms with Gasteiger partial charge in [0, 0.05) is 12.2 Å². The van der Waals surface area contributed by atoms with Crippen LogP contribution >= 0.6 is 0 Å². The third-order valence-corrected chi connectivity index (χ3v) is 4.19. The molecule has 1 amide bonds. The second-order valence-corrected chi connectivity index (χ2v) is 5.74. The number of nitrogens with two attached hydrogens (primary N) is 1. The van der Waals surface area contributed by atoms with Crippen molar-refractivity contribution in [3.8, 4) is 0 Å². The van der Waals surface area contributed by atoms with E-state index >= 15 is 0 Å². The van der Waals surface area contributed by atoms with Gasteiger partial charge in [0.05, 0.1) is 6.42 Å². The first-order valence-corrected chi connectivity index (χ1v) is 7.26. The average molecular weight is 260 g/mol. The molecule has 3 heteroatoms. The molecule has 19 heavy (non-hydrogen) atoms. The highest BCUT2D eigenvalue weighted by Gasteiger charge is 2.21. The second kappa shape index (κ2) is 6.60. The number of rotatable bonds is 4. The highest BCUT2D eigenvalue weighted by atomic mass is 16.1. The Bertz CT molecular complexity index is 413. The number of benzene rings is 1. The maximum Gasteiger partial charge on any atom is 0.224 e. The molecule has 2 unspecified atom stereocenters. The molecular formula is C16H24N2O. The molecule has 2 rings (SSSR count). The number of carbonyl (C=O) groups excluding carboxylic acids is 1. The summed E-state index contributed by atoms with van der Waals surface area (Å²) < 4.78 is 0. The molecule has 1 fully saturated rings. The molecule has 1 aromatic rings. The van der Waals surface area contributed by atoms with Crippen LogP contribution < -0.4 is 11.1 Å². The standard InChI is InChI=1S/C16H24N2O/c1-12-4-2-3-5-14(12)11-18-16(19)10-13-6-8-15(17)9-7-13/h6-9,12,14H,2-5,10-11,17H2,1H3,(H,18,19). The molecular weight excluding hydrogens is 236 g/mol. The Labute approximate surface area is 115 Å². The summed E-state index contributed by atoms with van der Waals surface area (Å²) in [6.45, 7) is 3.13. The van der Waals surface area contributed by atoms with E-state index in [4.69, 9.17) is 5.73 Å². The molecule has 1 aromatic carbocycles. The molecule has 3 nitrogen and oxygen atoms in total. The molecule has 0 spiro atoms. The normalized spacial score (nSPS) is 23.0. The van der Waals surface area contributed by atoms with Crippen molar-refractivity contribution in [2.24, 2.45) is 11.8 Å². The van der Waals surface area contributed by atoms with Gasteiger partial charge in [-0.25, -0.2) is 0 Å². The lowest BCUT2D eigenvalue weighted by atomic mass is 9.80. The SMILES string of the molecule is CC1CCCCC1CNC(=O)Cc1ccc(N)cc1. The van der Waals surface area contributed by atoms with Crippen molar-refractivity contribution in [1.29, 1.82) is 0 Å². The topological polar surface area (TPSA) is 55.1 Å². The zero-order valence-corrected chi connectivity index (χ0v) is 11.7. The molecule has 1 aliphatic carbocycles. The highest BCUT2D eigenvalue weighted by Crippen LogP contribution is 2.28. The van der Waals surface area contributed by atoms with Gasteiger partial charge in [-0.3, -0.25) is 4.79 Å². The summed E-state index contributed by atoms with van der Waals surface area (Å²) in [6, 6.07) is 7.51. The molecule has 0 aliphatic heterocycles. The Morgan fingerprint density at radius 2 is 1.95 bits per heavy atom. The summed E-state index contributed by atoms with van der Waals surface area (Å²) >= 11 is 0. The lowest BCUT2D eigenvalue weighted by Crippen LogP contribution is -2.34. The quantitative estimate of drug-likeness (QED) is 0.818. The summed E-state index contributed by atoms with van der Waals surface area (Å²) in [5, 5.41) is 3.08. The van der Waals surface area contributed by atoms with Gasteiger partial charge >= 0.3 is 0 Å². The second-order valence-electron chi connectivity index (χ2n) is 5.74. The van der Waals surface area contributed by atoms with Gasteiger partial charge in [0.1, 0.15) is 0 Å². The van der Waals surface area contributed by atoms with Gasteiger partial charge in [0.2, 0.25) is 5.91 Å². The van der Waals surface area contributed by atoms with E-state index in [0.29, 0.717) is 12.3 Å². The van der Waals surface area contributed by atoms with Crippen LogP contribution in [0.4, 0.5) is 5.69 Å². The lowest BCUT2D eigenvalue weighted by molar-refractivity contribution is -0.120. The van der Waals surface area contributed by atoms with Crippen molar-refractivity contribution in [2.75, 3.05) is 12.3 Å². The van der Waals surface area contributed by atoms with Crippen LogP contribution in [0.3, 0.4) is 0 Å². The smallest absolute Gasteiger partial charge is 0.224 e. The lowest BCUT2D eigenvalue weighted by Gasteiger charge is -2.28. The third-order valence-electron chi connectivity index (χ3n) is 4.19. The number of nitrogens with one attached hydrogen (secondary N) is 1. The predicted octanol–water partition coefficient (Wildman–Crippen LogP) is 2.75. The van der Waals surface area contributed by atoms with E-state index in [1.165, 1.54) is 25.7 Å². The number of carbonyl (C=O) groups is 1. The van der Waals surface area contributed by atoms with E-state index in [-0.39, 0.29) is 5.91 Å². The largest absolute Gasteiger partial charge is 0.399 e. The Balaban J connectivity index is 1.76. The van der Waals surface area contributed by atoms with Gasteiger partial charge in [-0.15, -0.1) is 0 Å². The van der Waals surface area contributed by atoms with Crippen LogP contribution in [0.2, 0.25) is 0 Å². The minimum absolute atomic E-state index is 0.113. The van der Waals surface area contributed by atoms with E-state index in [9.17, 15) is 4.79 Å². The van der Waals surface area contributed by atoms with Crippen molar-refractivity contribution in [3.05, 3.63) is 29.8 Å². The zero-order valence-electron chi connectivity index (χ0n) is 11.7. The Morgan fingerprint density at radius 3 is 2.63 bits per heavy atom. The van der Waals surface area contributed by atoms with Crippen molar-refractivity contribution in [2.45, 2.75) is 39.0 Å². The van der Waals surface area contributed by atoms with Crippen LogP contribution in [-0.4, -0.2) is 12.5 Å². The summed E-state index contributed by atoms with van der Waals surface area (Å²) in [7, 11) is 0. The van der Waals surface area contributed by atoms with Crippen LogP contribution in [-0.2, 0) is 11.2 Å². The molecule has 0 aromatic heterocycles. The molecule has 0 bridgehead atoms. The minimum Gasteiger partial charge on any atom is -0.399 e. The van der Waals surface area contributed by atoms with Crippen LogP contribution in [0.15, 0.2) is 24.3 Å². The summed E-state index contributed by atoms with van der Waals surface area (Å²) in [5.74, 6) is 1.51. The van der Waals surface area contributed by atoms with Crippen LogP contribution in [0, 0.1) is 11.8 Å². The van der Waals surface area contributed by atoms with E-state index in [0.717, 1.165) is 23.7 Å². The first-order valence-electron chi connectivity index (χ1n) is 7.26. The Hall–Kier alpha value is -1.51. The van der Waals surface area contributed by atoms with Crippen molar-refractivity contribution < 1.29 is 4.79 Å². The van der Waals surface area contributed by atoms with Gasteiger partial charge in [0.25, 0.3) is 0 Å². The minimum atomic E-state index is 0.113. The van der Waals surface area contributed by atoms with Crippen molar-refractivity contribution >= 4 is 11.6 Å². The van der Waals surface area contributed by atoms with Crippen LogP contribution in [0.25, 0.3) is 0 Å². The van der Waals surface area contributed by atoms with E-state index in [2.05, 4.69) is 12.2 Å². The fourth-order valence-electron chi connectivity index (χ4n) is 2.82. The fourth-order valence-corrected chi connectivity index (χ4v) is 2.82. The summed E-state index contributed by atoms with van der Waals surface area (Å²) in [5.41, 5.74) is 7.38. The monoisotopic (exact) mass is 260 g/mol. The first-order chi connectivity index (χ1) is 9.15. The van der Waals surface area contributed by atoms with Gasteiger partial charge in [0.15, 0.2) is 0 Å². The maximum atomic E-state index is 11.9. The third kappa shape index (κ3) is 4.27. The first kappa shape index (κ1) is 13.9. The van der Waals surface area contributed by atoms with E-state index < -0.39 is 0 Å². The van der Waals surface area contributed by atoms with Crippen LogP contribution in [0.1, 0.15) is 38.2 Å². The van der Waals surface area contributed by atoms with Gasteiger partial charge in [-0.05, 0) is 36.0 Å². The van der Waals surface area contributed by atoms with E-state index in [1.54, 1.807) is 0 Å². The van der Waals surface area contributed by atoms with Gasteiger partial charge in [-0.1, -0.05) is 38.3 Å². The average Bonchev–Trinajstić information content (AvgIpc) is 2.40.